The number of rotatable bonds is 4. The Kier molecular flexibility index (Phi) is 5.12. The predicted molar refractivity (Wildman–Crippen MR) is 62.9 cm³/mol. The Hall–Kier alpha value is -0.730. The van der Waals surface area contributed by atoms with E-state index in [0.717, 1.165) is 12.8 Å². The topological polar surface area (TPSA) is 38.3 Å². The maximum Gasteiger partial charge on any atom is 0.407 e. The average Bonchev–Trinajstić information content (AvgIpc) is 1.94. The van der Waals surface area contributed by atoms with Crippen LogP contribution in [0.5, 0.6) is 0 Å². The van der Waals surface area contributed by atoms with Crippen LogP contribution in [0, 0.1) is 5.41 Å². The molecule has 0 aliphatic heterocycles. The van der Waals surface area contributed by atoms with E-state index in [1.807, 2.05) is 20.8 Å². The normalized spacial score (nSPS) is 12.4. The lowest BCUT2D eigenvalue weighted by Crippen LogP contribution is -2.46. The molecule has 0 saturated heterocycles. The minimum absolute atomic E-state index is 0.196. The van der Waals surface area contributed by atoms with Crippen LogP contribution in [0.2, 0.25) is 0 Å². The molecule has 0 aromatic carbocycles. The molecule has 1 N–H and O–H groups in total. The highest BCUT2D eigenvalue weighted by molar-refractivity contribution is 5.68. The standard InChI is InChI=1S/C12H25NO2/c1-7-8-15-10(14)13-12(5,6)9-11(2,3)4/h7-9H2,1-6H3,(H,13,14). The van der Waals surface area contributed by atoms with Crippen molar-refractivity contribution in [2.24, 2.45) is 5.41 Å². The van der Waals surface area contributed by atoms with E-state index < -0.39 is 0 Å². The average molecular weight is 215 g/mol. The molecule has 15 heavy (non-hydrogen) atoms. The second kappa shape index (κ2) is 5.38. The Balaban J connectivity index is 4.07. The number of nitrogens with one attached hydrogen (secondary N) is 1. The molecule has 3 nitrogen and oxygen atoms in total. The molecule has 0 aromatic heterocycles. The van der Waals surface area contributed by atoms with Gasteiger partial charge in [-0.05, 0) is 32.1 Å². The molecule has 0 heterocycles. The molecule has 90 valence electrons. The van der Waals surface area contributed by atoms with Gasteiger partial charge in [-0.3, -0.25) is 0 Å². The Morgan fingerprint density at radius 2 is 1.73 bits per heavy atom. The molecule has 0 spiro atoms. The molecule has 0 saturated carbocycles. The number of ether oxygens (including phenoxy) is 1. The van der Waals surface area contributed by atoms with Gasteiger partial charge in [-0.15, -0.1) is 0 Å². The summed E-state index contributed by atoms with van der Waals surface area (Å²) in [5.74, 6) is 0. The van der Waals surface area contributed by atoms with Gasteiger partial charge in [0.05, 0.1) is 6.61 Å². The predicted octanol–water partition coefficient (Wildman–Crippen LogP) is 3.34. The van der Waals surface area contributed by atoms with Crippen molar-refractivity contribution in [2.45, 2.75) is 59.9 Å². The third-order valence-corrected chi connectivity index (χ3v) is 1.85. The first-order valence-corrected chi connectivity index (χ1v) is 5.61. The SMILES string of the molecule is CCCOC(=O)NC(C)(C)CC(C)(C)C. The molecule has 0 aliphatic carbocycles. The lowest BCUT2D eigenvalue weighted by Gasteiger charge is -2.32. The zero-order valence-electron chi connectivity index (χ0n) is 10.9. The third-order valence-electron chi connectivity index (χ3n) is 1.85. The molecular weight excluding hydrogens is 190 g/mol. The Morgan fingerprint density at radius 3 is 2.13 bits per heavy atom. The van der Waals surface area contributed by atoms with E-state index in [4.69, 9.17) is 4.74 Å². The van der Waals surface area contributed by atoms with Gasteiger partial charge in [-0.1, -0.05) is 27.7 Å². The summed E-state index contributed by atoms with van der Waals surface area (Å²) in [4.78, 5) is 11.4. The largest absolute Gasteiger partial charge is 0.450 e. The van der Waals surface area contributed by atoms with Crippen molar-refractivity contribution in [2.75, 3.05) is 6.61 Å². The molecule has 3 heteroatoms. The van der Waals surface area contributed by atoms with Crippen LogP contribution in [-0.4, -0.2) is 18.2 Å². The van der Waals surface area contributed by atoms with Crippen LogP contribution in [0.4, 0.5) is 4.79 Å². The molecule has 0 aliphatic rings. The molecule has 0 rings (SSSR count). The maximum atomic E-state index is 11.4. The van der Waals surface area contributed by atoms with Gasteiger partial charge >= 0.3 is 6.09 Å². The summed E-state index contributed by atoms with van der Waals surface area (Å²) in [6.07, 6.45) is 1.46. The highest BCUT2D eigenvalue weighted by Crippen LogP contribution is 2.26. The van der Waals surface area contributed by atoms with Gasteiger partial charge in [-0.25, -0.2) is 4.79 Å². The molecule has 0 aromatic rings. The molecule has 1 amide bonds. The van der Waals surface area contributed by atoms with E-state index in [2.05, 4.69) is 26.1 Å². The zero-order valence-corrected chi connectivity index (χ0v) is 10.9. The van der Waals surface area contributed by atoms with Crippen molar-refractivity contribution in [3.05, 3.63) is 0 Å². The summed E-state index contributed by atoms with van der Waals surface area (Å²) in [7, 11) is 0. The van der Waals surface area contributed by atoms with Gasteiger partial charge in [0.1, 0.15) is 0 Å². The maximum absolute atomic E-state index is 11.4. The van der Waals surface area contributed by atoms with Crippen LogP contribution < -0.4 is 5.32 Å². The first kappa shape index (κ1) is 14.3. The van der Waals surface area contributed by atoms with Crippen LogP contribution in [0.25, 0.3) is 0 Å². The summed E-state index contributed by atoms with van der Waals surface area (Å²) < 4.78 is 4.99. The third kappa shape index (κ3) is 8.28. The van der Waals surface area contributed by atoms with E-state index in [1.54, 1.807) is 0 Å². The lowest BCUT2D eigenvalue weighted by atomic mass is 9.82. The molecule has 0 unspecified atom stereocenters. The van der Waals surface area contributed by atoms with Crippen molar-refractivity contribution in [3.63, 3.8) is 0 Å². The van der Waals surface area contributed by atoms with Crippen LogP contribution in [0.1, 0.15) is 54.4 Å². The summed E-state index contributed by atoms with van der Waals surface area (Å²) >= 11 is 0. The van der Waals surface area contributed by atoms with Crippen LogP contribution in [0.3, 0.4) is 0 Å². The zero-order chi connectivity index (χ0) is 12.1. The van der Waals surface area contributed by atoms with Gasteiger partial charge in [0, 0.05) is 5.54 Å². The van der Waals surface area contributed by atoms with Gasteiger partial charge in [0.2, 0.25) is 0 Å². The fraction of sp³-hybridized carbons (Fsp3) is 0.917. The smallest absolute Gasteiger partial charge is 0.407 e. The number of alkyl carbamates (subject to hydrolysis) is 1. The number of carbonyl (C=O) groups excluding carboxylic acids is 1. The van der Waals surface area contributed by atoms with Gasteiger partial charge in [-0.2, -0.15) is 0 Å². The fourth-order valence-corrected chi connectivity index (χ4v) is 1.88. The van der Waals surface area contributed by atoms with Crippen molar-refractivity contribution >= 4 is 6.09 Å². The molecule has 0 bridgehead atoms. The van der Waals surface area contributed by atoms with Gasteiger partial charge in [0.25, 0.3) is 0 Å². The van der Waals surface area contributed by atoms with Gasteiger partial charge < -0.3 is 10.1 Å². The highest BCUT2D eigenvalue weighted by Gasteiger charge is 2.27. The van der Waals surface area contributed by atoms with E-state index >= 15 is 0 Å². The number of hydrogen-bond donors (Lipinski definition) is 1. The minimum Gasteiger partial charge on any atom is -0.450 e. The Labute approximate surface area is 93.6 Å². The summed E-state index contributed by atoms with van der Waals surface area (Å²) in [5.41, 5.74) is -0.0232. The number of hydrogen-bond acceptors (Lipinski definition) is 2. The summed E-state index contributed by atoms with van der Waals surface area (Å²) in [6.45, 7) is 13.0. The van der Waals surface area contributed by atoms with E-state index in [-0.39, 0.29) is 17.0 Å². The molecule has 0 fully saturated rings. The molecule has 0 atom stereocenters. The van der Waals surface area contributed by atoms with Crippen LogP contribution in [0.15, 0.2) is 0 Å². The van der Waals surface area contributed by atoms with E-state index in [1.165, 1.54) is 0 Å². The fourth-order valence-electron chi connectivity index (χ4n) is 1.88. The van der Waals surface area contributed by atoms with Crippen molar-refractivity contribution in [3.8, 4) is 0 Å². The summed E-state index contributed by atoms with van der Waals surface area (Å²) in [6, 6.07) is 0. The Bertz CT molecular complexity index is 204. The Morgan fingerprint density at radius 1 is 1.20 bits per heavy atom. The first-order valence-electron chi connectivity index (χ1n) is 5.61. The minimum atomic E-state index is -0.314. The van der Waals surface area contributed by atoms with Crippen molar-refractivity contribution < 1.29 is 9.53 Å². The van der Waals surface area contributed by atoms with Crippen LogP contribution >= 0.6 is 0 Å². The highest BCUT2D eigenvalue weighted by atomic mass is 16.5. The number of amides is 1. The summed E-state index contributed by atoms with van der Waals surface area (Å²) in [5, 5.41) is 2.89. The molecule has 0 radical (unpaired) electrons. The van der Waals surface area contributed by atoms with E-state index in [0.29, 0.717) is 6.61 Å². The first-order chi connectivity index (χ1) is 6.66. The molecular formula is C12H25NO2. The monoisotopic (exact) mass is 215 g/mol. The van der Waals surface area contributed by atoms with Crippen LogP contribution in [-0.2, 0) is 4.74 Å². The van der Waals surface area contributed by atoms with E-state index in [9.17, 15) is 4.79 Å². The van der Waals surface area contributed by atoms with Crippen molar-refractivity contribution in [1.29, 1.82) is 0 Å². The lowest BCUT2D eigenvalue weighted by molar-refractivity contribution is 0.129. The van der Waals surface area contributed by atoms with Gasteiger partial charge in [0.15, 0.2) is 0 Å². The second-order valence-corrected chi connectivity index (χ2v) is 5.88. The quantitative estimate of drug-likeness (QED) is 0.781. The number of carbonyl (C=O) groups is 1. The van der Waals surface area contributed by atoms with Crippen molar-refractivity contribution in [1.82, 2.24) is 5.32 Å². The second-order valence-electron chi connectivity index (χ2n) is 5.88.